The number of H-pyrrole nitrogens is 1. The Kier molecular flexibility index (Phi) is 5.83. The number of hydrogen-bond acceptors (Lipinski definition) is 3. The normalized spacial score (nSPS) is 12.6. The van der Waals surface area contributed by atoms with Gasteiger partial charge in [0.1, 0.15) is 5.69 Å². The molecule has 0 amide bonds. The molecule has 0 unspecified atom stereocenters. The summed E-state index contributed by atoms with van der Waals surface area (Å²) in [7, 11) is 0. The van der Waals surface area contributed by atoms with Crippen LogP contribution in [0.1, 0.15) is 58.7 Å². The molecule has 29 heavy (non-hydrogen) atoms. The quantitative estimate of drug-likeness (QED) is 0.508. The Morgan fingerprint density at radius 1 is 0.690 bits per heavy atom. The van der Waals surface area contributed by atoms with Gasteiger partial charge in [-0.2, -0.15) is 0 Å². The zero-order valence-electron chi connectivity index (χ0n) is 18.7. The van der Waals surface area contributed by atoms with Crippen molar-refractivity contribution < 1.29 is 0 Å². The number of aliphatic imine (C=N–C) groups is 2. The van der Waals surface area contributed by atoms with Crippen LogP contribution in [0.25, 0.3) is 0 Å². The molecule has 1 heterocycles. The Hall–Kier alpha value is -3.01. The number of aryl methyl sites for hydroxylation is 6. The molecule has 0 saturated carbocycles. The van der Waals surface area contributed by atoms with Gasteiger partial charge in [-0.3, -0.25) is 4.99 Å². The maximum Gasteiger partial charge on any atom is 0.152 e. The maximum atomic E-state index is 4.86. The highest BCUT2D eigenvalue weighted by atomic mass is 15.0. The summed E-state index contributed by atoms with van der Waals surface area (Å²) in [5.41, 5.74) is 11.9. The summed E-state index contributed by atoms with van der Waals surface area (Å²) >= 11 is 0. The summed E-state index contributed by atoms with van der Waals surface area (Å²) in [6.07, 6.45) is 1.90. The molecular weight excluding hydrogens is 356 g/mol. The van der Waals surface area contributed by atoms with E-state index in [1.165, 1.54) is 33.4 Å². The minimum absolute atomic E-state index is 0.770. The van der Waals surface area contributed by atoms with Gasteiger partial charge in [0, 0.05) is 6.20 Å². The third kappa shape index (κ3) is 4.53. The number of nitrogens with zero attached hydrogens (tertiary/aromatic N) is 3. The Labute approximate surface area is 173 Å². The maximum absolute atomic E-state index is 4.86. The van der Waals surface area contributed by atoms with Crippen LogP contribution in [0.5, 0.6) is 0 Å². The van der Waals surface area contributed by atoms with Crippen molar-refractivity contribution in [3.8, 4) is 0 Å². The molecule has 1 N–H and O–H groups in total. The predicted octanol–water partition coefficient (Wildman–Crippen LogP) is 6.54. The molecule has 4 nitrogen and oxygen atoms in total. The average Bonchev–Trinajstić information content (AvgIpc) is 3.11. The van der Waals surface area contributed by atoms with Crippen LogP contribution in [0.4, 0.5) is 11.4 Å². The van der Waals surface area contributed by atoms with Crippen LogP contribution in [0, 0.1) is 41.5 Å². The molecule has 3 rings (SSSR count). The van der Waals surface area contributed by atoms with Crippen molar-refractivity contribution in [2.45, 2.75) is 55.4 Å². The van der Waals surface area contributed by atoms with Gasteiger partial charge >= 0.3 is 0 Å². The summed E-state index contributed by atoms with van der Waals surface area (Å²) in [4.78, 5) is 17.7. The van der Waals surface area contributed by atoms with Gasteiger partial charge < -0.3 is 4.98 Å². The van der Waals surface area contributed by atoms with Crippen molar-refractivity contribution in [3.63, 3.8) is 0 Å². The van der Waals surface area contributed by atoms with Gasteiger partial charge in [-0.25, -0.2) is 9.98 Å². The molecule has 0 aliphatic heterocycles. The fraction of sp³-hybridized carbons (Fsp3) is 0.320. The molecule has 0 aliphatic carbocycles. The molecule has 0 fully saturated rings. The number of aromatic nitrogens is 2. The minimum Gasteiger partial charge on any atom is -0.343 e. The topological polar surface area (TPSA) is 53.4 Å². The number of rotatable bonds is 4. The van der Waals surface area contributed by atoms with Gasteiger partial charge in [0.15, 0.2) is 5.82 Å². The fourth-order valence-corrected chi connectivity index (χ4v) is 3.84. The zero-order chi connectivity index (χ0) is 21.3. The van der Waals surface area contributed by atoms with E-state index in [-0.39, 0.29) is 0 Å². The number of hydrogen-bond donors (Lipinski definition) is 1. The van der Waals surface area contributed by atoms with E-state index in [9.17, 15) is 0 Å². The van der Waals surface area contributed by atoms with Crippen molar-refractivity contribution in [2.75, 3.05) is 0 Å². The number of aromatic amines is 1. The first kappa shape index (κ1) is 20.7. The van der Waals surface area contributed by atoms with Gasteiger partial charge in [-0.15, -0.1) is 0 Å². The monoisotopic (exact) mass is 386 g/mol. The van der Waals surface area contributed by atoms with Crippen LogP contribution >= 0.6 is 0 Å². The Morgan fingerprint density at radius 3 is 1.55 bits per heavy atom. The van der Waals surface area contributed by atoms with Crippen molar-refractivity contribution in [2.24, 2.45) is 9.98 Å². The van der Waals surface area contributed by atoms with Crippen LogP contribution in [-0.4, -0.2) is 21.4 Å². The summed E-state index contributed by atoms with van der Waals surface area (Å²) in [5.74, 6) is 0.770. The van der Waals surface area contributed by atoms with Gasteiger partial charge in [0.25, 0.3) is 0 Å². The smallest absolute Gasteiger partial charge is 0.152 e. The Balaban J connectivity index is 1.93. The van der Waals surface area contributed by atoms with Crippen LogP contribution < -0.4 is 0 Å². The first-order valence-electron chi connectivity index (χ1n) is 9.98. The van der Waals surface area contributed by atoms with Crippen LogP contribution in [0.15, 0.2) is 40.4 Å². The third-order valence-corrected chi connectivity index (χ3v) is 5.12. The highest BCUT2D eigenvalue weighted by molar-refractivity contribution is 6.02. The summed E-state index contributed by atoms with van der Waals surface area (Å²) in [5, 5.41) is 0. The van der Waals surface area contributed by atoms with E-state index in [1.54, 1.807) is 0 Å². The molecule has 0 aliphatic rings. The molecule has 0 saturated heterocycles. The van der Waals surface area contributed by atoms with Crippen molar-refractivity contribution in [1.29, 1.82) is 0 Å². The first-order chi connectivity index (χ1) is 13.7. The van der Waals surface area contributed by atoms with Crippen molar-refractivity contribution >= 4 is 22.8 Å². The second-order valence-corrected chi connectivity index (χ2v) is 8.02. The molecule has 4 heteroatoms. The number of imidazole rings is 1. The Morgan fingerprint density at radius 2 is 1.10 bits per heavy atom. The van der Waals surface area contributed by atoms with Crippen LogP contribution in [-0.2, 0) is 0 Å². The second-order valence-electron chi connectivity index (χ2n) is 8.02. The largest absolute Gasteiger partial charge is 0.343 e. The molecule has 0 bridgehead atoms. The van der Waals surface area contributed by atoms with E-state index < -0.39 is 0 Å². The van der Waals surface area contributed by atoms with E-state index in [2.05, 4.69) is 70.8 Å². The van der Waals surface area contributed by atoms with E-state index >= 15 is 0 Å². The minimum atomic E-state index is 0.770. The van der Waals surface area contributed by atoms with Gasteiger partial charge in [0.05, 0.1) is 22.8 Å². The van der Waals surface area contributed by atoms with E-state index in [1.807, 2.05) is 20.0 Å². The van der Waals surface area contributed by atoms with E-state index in [4.69, 9.17) is 15.0 Å². The van der Waals surface area contributed by atoms with Crippen LogP contribution in [0.2, 0.25) is 0 Å². The fourth-order valence-electron chi connectivity index (χ4n) is 3.84. The predicted molar refractivity (Wildman–Crippen MR) is 124 cm³/mol. The molecular formula is C25H30N4. The zero-order valence-corrected chi connectivity index (χ0v) is 18.7. The standard InChI is InChI=1S/C25H30N4/c1-14-9-16(3)23(17(4)10-14)27-20(7)22-13-26-25(29-22)21(8)28-24-18(5)11-15(2)12-19(24)6/h9-13H,1-8H3,(H,26,29)/b27-20+,28-21+. The summed E-state index contributed by atoms with van der Waals surface area (Å²) in [6, 6.07) is 8.65. The molecule has 0 radical (unpaired) electrons. The highest BCUT2D eigenvalue weighted by Gasteiger charge is 2.10. The lowest BCUT2D eigenvalue weighted by Gasteiger charge is -2.08. The molecule has 150 valence electrons. The lowest BCUT2D eigenvalue weighted by atomic mass is 10.1. The van der Waals surface area contributed by atoms with E-state index in [0.29, 0.717) is 0 Å². The molecule has 2 aromatic carbocycles. The SMILES string of the molecule is C/C(=N\c1c(C)cc(C)cc1C)c1c[nH]c(/C(C)=N/c2c(C)cc(C)cc2C)n1. The van der Waals surface area contributed by atoms with E-state index in [0.717, 1.165) is 34.3 Å². The average molecular weight is 387 g/mol. The molecule has 0 spiro atoms. The summed E-state index contributed by atoms with van der Waals surface area (Å²) < 4.78 is 0. The molecule has 3 aromatic rings. The van der Waals surface area contributed by atoms with Gasteiger partial charge in [-0.05, 0) is 77.6 Å². The van der Waals surface area contributed by atoms with Crippen molar-refractivity contribution in [1.82, 2.24) is 9.97 Å². The first-order valence-corrected chi connectivity index (χ1v) is 9.98. The van der Waals surface area contributed by atoms with Gasteiger partial charge in [-0.1, -0.05) is 35.4 Å². The molecule has 0 atom stereocenters. The lowest BCUT2D eigenvalue weighted by Crippen LogP contribution is -2.00. The lowest BCUT2D eigenvalue weighted by molar-refractivity contribution is 1.22. The van der Waals surface area contributed by atoms with Gasteiger partial charge in [0.2, 0.25) is 0 Å². The van der Waals surface area contributed by atoms with Crippen LogP contribution in [0.3, 0.4) is 0 Å². The number of benzene rings is 2. The summed E-state index contributed by atoms with van der Waals surface area (Å²) in [6.45, 7) is 16.6. The Bertz CT molecular complexity index is 995. The number of nitrogens with one attached hydrogen (secondary N) is 1. The van der Waals surface area contributed by atoms with Crippen molar-refractivity contribution in [3.05, 3.63) is 75.4 Å². The third-order valence-electron chi connectivity index (χ3n) is 5.12. The second kappa shape index (κ2) is 8.16. The molecule has 1 aromatic heterocycles. The highest BCUT2D eigenvalue weighted by Crippen LogP contribution is 2.27.